The average Bonchev–Trinajstić information content (AvgIpc) is 3.10. The number of aliphatic imine (C=N–C) groups is 1. The molecule has 0 radical (unpaired) electrons. The Hall–Kier alpha value is -3.16. The smallest absolute Gasteiger partial charge is 0.331 e. The van der Waals surface area contributed by atoms with Gasteiger partial charge in [0.2, 0.25) is 5.91 Å². The van der Waals surface area contributed by atoms with Gasteiger partial charge in [0.1, 0.15) is 12.4 Å². The van der Waals surface area contributed by atoms with Crippen LogP contribution in [0.4, 0.5) is 10.6 Å². The van der Waals surface area contributed by atoms with E-state index in [1.54, 1.807) is 15.8 Å². The maximum atomic E-state index is 13.2. The first-order valence-electron chi connectivity index (χ1n) is 9.13. The fourth-order valence-electron chi connectivity index (χ4n) is 3.43. The molecule has 0 aliphatic carbocycles. The predicted octanol–water partition coefficient (Wildman–Crippen LogP) is 1.79. The lowest BCUT2D eigenvalue weighted by Gasteiger charge is -2.37. The molecule has 140 valence electrons. The van der Waals surface area contributed by atoms with E-state index in [1.165, 1.54) is 4.90 Å². The number of benzene rings is 1. The van der Waals surface area contributed by atoms with Gasteiger partial charge >= 0.3 is 6.03 Å². The van der Waals surface area contributed by atoms with Gasteiger partial charge in [0.15, 0.2) is 5.82 Å². The molecule has 0 saturated carbocycles. The van der Waals surface area contributed by atoms with E-state index in [1.807, 2.05) is 44.2 Å². The Morgan fingerprint density at radius 3 is 2.78 bits per heavy atom. The van der Waals surface area contributed by atoms with E-state index in [-0.39, 0.29) is 24.5 Å². The molecule has 3 heterocycles. The average molecular weight is 366 g/mol. The third-order valence-electron chi connectivity index (χ3n) is 4.51. The largest absolute Gasteiger partial charge is 0.352 e. The summed E-state index contributed by atoms with van der Waals surface area (Å²) >= 11 is 0. The summed E-state index contributed by atoms with van der Waals surface area (Å²) in [7, 11) is 0. The molecule has 1 N–H and O–H groups in total. The molecular weight excluding hydrogens is 344 g/mol. The Morgan fingerprint density at radius 2 is 2.04 bits per heavy atom. The van der Waals surface area contributed by atoms with Gasteiger partial charge < -0.3 is 5.32 Å². The number of amidine groups is 1. The highest BCUT2D eigenvalue weighted by Gasteiger charge is 2.40. The van der Waals surface area contributed by atoms with E-state index < -0.39 is 0 Å². The number of carbonyl (C=O) groups is 2. The van der Waals surface area contributed by atoms with E-state index in [9.17, 15) is 9.59 Å². The van der Waals surface area contributed by atoms with Crippen molar-refractivity contribution >= 4 is 23.6 Å². The van der Waals surface area contributed by atoms with Crippen molar-refractivity contribution in [1.82, 2.24) is 20.0 Å². The number of para-hydroxylation sites is 1. The number of hydrogen-bond acceptors (Lipinski definition) is 4. The van der Waals surface area contributed by atoms with E-state index in [0.29, 0.717) is 24.7 Å². The Morgan fingerprint density at radius 1 is 1.26 bits per heavy atom. The van der Waals surface area contributed by atoms with Gasteiger partial charge in [-0.2, -0.15) is 5.10 Å². The number of hydrogen-bond donors (Lipinski definition) is 1. The summed E-state index contributed by atoms with van der Waals surface area (Å²) < 4.78 is 1.70. The first-order valence-corrected chi connectivity index (χ1v) is 9.13. The van der Waals surface area contributed by atoms with Crippen LogP contribution in [0, 0.1) is 0 Å². The van der Waals surface area contributed by atoms with Crippen molar-refractivity contribution in [3.63, 3.8) is 0 Å². The zero-order valence-electron chi connectivity index (χ0n) is 15.4. The summed E-state index contributed by atoms with van der Waals surface area (Å²) in [4.78, 5) is 33.3. The molecule has 0 spiro atoms. The van der Waals surface area contributed by atoms with Crippen molar-refractivity contribution in [3.05, 3.63) is 42.1 Å². The lowest BCUT2D eigenvalue weighted by molar-refractivity contribution is -0.120. The summed E-state index contributed by atoms with van der Waals surface area (Å²) in [6, 6.07) is 9.34. The lowest BCUT2D eigenvalue weighted by atomic mass is 10.1. The number of nitrogens with one attached hydrogen (secondary N) is 1. The molecule has 27 heavy (non-hydrogen) atoms. The number of nitrogens with zero attached hydrogens (tertiary/aromatic N) is 5. The predicted molar refractivity (Wildman–Crippen MR) is 102 cm³/mol. The van der Waals surface area contributed by atoms with Crippen molar-refractivity contribution < 1.29 is 9.59 Å². The minimum absolute atomic E-state index is 0.00278. The third-order valence-corrected chi connectivity index (χ3v) is 4.51. The minimum atomic E-state index is -0.238. The van der Waals surface area contributed by atoms with Crippen LogP contribution in [0.2, 0.25) is 0 Å². The number of rotatable bonds is 4. The summed E-state index contributed by atoms with van der Waals surface area (Å²) in [5.74, 6) is 1.02. The van der Waals surface area contributed by atoms with E-state index >= 15 is 0 Å². The van der Waals surface area contributed by atoms with E-state index in [0.717, 1.165) is 17.7 Å². The maximum Gasteiger partial charge on any atom is 0.331 e. The van der Waals surface area contributed by atoms with Crippen molar-refractivity contribution in [2.24, 2.45) is 4.99 Å². The molecule has 0 fully saturated rings. The Bertz CT molecular complexity index is 902. The van der Waals surface area contributed by atoms with Gasteiger partial charge in [-0.3, -0.25) is 19.6 Å². The van der Waals surface area contributed by atoms with Gasteiger partial charge in [-0.25, -0.2) is 9.48 Å². The Kier molecular flexibility index (Phi) is 4.39. The zero-order chi connectivity index (χ0) is 19.0. The highest BCUT2D eigenvalue weighted by Crippen LogP contribution is 2.32. The highest BCUT2D eigenvalue weighted by atomic mass is 16.2. The molecule has 0 saturated heterocycles. The second-order valence-electron chi connectivity index (χ2n) is 6.93. The van der Waals surface area contributed by atoms with Gasteiger partial charge in [0.25, 0.3) is 0 Å². The molecule has 3 amide bonds. The van der Waals surface area contributed by atoms with E-state index in [4.69, 9.17) is 0 Å². The number of aromatic nitrogens is 2. The Balaban J connectivity index is 1.81. The number of urea groups is 1. The monoisotopic (exact) mass is 366 g/mol. The van der Waals surface area contributed by atoms with Gasteiger partial charge in [-0.15, -0.1) is 0 Å². The fraction of sp³-hybridized carbons (Fsp3) is 0.368. The fourth-order valence-corrected chi connectivity index (χ4v) is 3.43. The first kappa shape index (κ1) is 17.3. The minimum Gasteiger partial charge on any atom is -0.352 e. The van der Waals surface area contributed by atoms with Crippen molar-refractivity contribution in [2.75, 3.05) is 24.5 Å². The summed E-state index contributed by atoms with van der Waals surface area (Å²) in [6.45, 7) is 5.00. The van der Waals surface area contributed by atoms with E-state index in [2.05, 4.69) is 15.4 Å². The molecule has 0 unspecified atom stereocenters. The summed E-state index contributed by atoms with van der Waals surface area (Å²) in [6.07, 6.45) is 2.53. The normalized spacial score (nSPS) is 16.1. The quantitative estimate of drug-likeness (QED) is 0.895. The third kappa shape index (κ3) is 3.07. The van der Waals surface area contributed by atoms with Crippen LogP contribution in [0.1, 0.15) is 25.8 Å². The van der Waals surface area contributed by atoms with Crippen molar-refractivity contribution in [1.29, 1.82) is 0 Å². The molecule has 2 aliphatic rings. The molecule has 8 nitrogen and oxygen atoms in total. The maximum absolute atomic E-state index is 13.2. The standard InChI is InChI=1S/C19H22N6O2/c1-13(2)22-16(26)12-24-18-15(17-20-9-6-10-23(17)19(24)27)11-21-25(18)14-7-4-3-5-8-14/h3-5,7-8,11,13H,6,9-10,12H2,1-2H3,(H,22,26). The van der Waals surface area contributed by atoms with Gasteiger partial charge in [0.05, 0.1) is 17.4 Å². The number of carbonyl (C=O) groups excluding carboxylic acids is 2. The second kappa shape index (κ2) is 6.86. The van der Waals surface area contributed by atoms with Crippen LogP contribution in [0.3, 0.4) is 0 Å². The first-order chi connectivity index (χ1) is 13.1. The molecule has 1 aromatic carbocycles. The molecule has 2 aliphatic heterocycles. The van der Waals surface area contributed by atoms with Crippen molar-refractivity contribution in [2.45, 2.75) is 26.3 Å². The van der Waals surface area contributed by atoms with Crippen LogP contribution >= 0.6 is 0 Å². The SMILES string of the molecule is CC(C)NC(=O)CN1C(=O)N2CCCN=C2c2cnn(-c3ccccc3)c21. The molecule has 8 heteroatoms. The molecular formula is C19H22N6O2. The molecule has 2 aromatic rings. The van der Waals surface area contributed by atoms with Gasteiger partial charge in [0, 0.05) is 19.1 Å². The molecule has 1 aromatic heterocycles. The van der Waals surface area contributed by atoms with Crippen LogP contribution in [0.5, 0.6) is 0 Å². The van der Waals surface area contributed by atoms with Gasteiger partial charge in [-0.05, 0) is 32.4 Å². The Labute approximate surface area is 157 Å². The van der Waals surface area contributed by atoms with Crippen LogP contribution < -0.4 is 10.2 Å². The zero-order valence-corrected chi connectivity index (χ0v) is 15.4. The highest BCUT2D eigenvalue weighted by molar-refractivity contribution is 6.19. The molecule has 0 bridgehead atoms. The number of fused-ring (bicyclic) bond motifs is 3. The van der Waals surface area contributed by atoms with Crippen LogP contribution in [0.25, 0.3) is 5.69 Å². The topological polar surface area (TPSA) is 82.8 Å². The molecule has 0 atom stereocenters. The summed E-state index contributed by atoms with van der Waals surface area (Å²) in [5, 5.41) is 7.35. The van der Waals surface area contributed by atoms with Crippen LogP contribution in [-0.4, -0.2) is 58.1 Å². The number of anilines is 1. The van der Waals surface area contributed by atoms with Gasteiger partial charge in [-0.1, -0.05) is 18.2 Å². The van der Waals surface area contributed by atoms with Crippen molar-refractivity contribution in [3.8, 4) is 5.69 Å². The molecule has 4 rings (SSSR count). The second-order valence-corrected chi connectivity index (χ2v) is 6.93. The van der Waals surface area contributed by atoms with Crippen LogP contribution in [0.15, 0.2) is 41.5 Å². The number of amides is 3. The van der Waals surface area contributed by atoms with Crippen LogP contribution in [-0.2, 0) is 4.79 Å². The summed E-state index contributed by atoms with van der Waals surface area (Å²) in [5.41, 5.74) is 1.60. The lowest BCUT2D eigenvalue weighted by Crippen LogP contribution is -2.55.